The summed E-state index contributed by atoms with van der Waals surface area (Å²) in [5.41, 5.74) is 0.987. The summed E-state index contributed by atoms with van der Waals surface area (Å²) in [5.74, 6) is 2.04. The minimum absolute atomic E-state index is 0.381. The average Bonchev–Trinajstić information content (AvgIpc) is 2.93. The summed E-state index contributed by atoms with van der Waals surface area (Å²) in [4.78, 5) is 7.20. The van der Waals surface area contributed by atoms with Crippen LogP contribution in [0.15, 0.2) is 15.6 Å². The quantitative estimate of drug-likeness (QED) is 0.429. The molecule has 1 aromatic heterocycles. The summed E-state index contributed by atoms with van der Waals surface area (Å²) < 4.78 is 5.35. The van der Waals surface area contributed by atoms with Gasteiger partial charge in [0.1, 0.15) is 6.54 Å². The van der Waals surface area contributed by atoms with Crippen molar-refractivity contribution in [1.29, 1.82) is 0 Å². The summed E-state index contributed by atoms with van der Waals surface area (Å²) in [5, 5.41) is 10.8. The first-order chi connectivity index (χ1) is 12.2. The van der Waals surface area contributed by atoms with Gasteiger partial charge in [0.15, 0.2) is 11.7 Å². The first-order valence-corrected chi connectivity index (χ1v) is 9.89. The fourth-order valence-corrected chi connectivity index (χ4v) is 3.04. The van der Waals surface area contributed by atoms with E-state index in [1.54, 1.807) is 0 Å². The second-order valence-electron chi connectivity index (χ2n) is 7.10. The second kappa shape index (κ2) is 11.1. The van der Waals surface area contributed by atoms with Crippen molar-refractivity contribution in [2.24, 2.45) is 4.99 Å². The predicted molar refractivity (Wildman–Crippen MR) is 103 cm³/mol. The molecule has 1 saturated heterocycles. The SMILES string of the molecule is CCNC(=NCc1cc(C(C)C)no1)NCCCN1CCCCCC1. The van der Waals surface area contributed by atoms with Crippen LogP contribution in [0.2, 0.25) is 0 Å². The normalized spacial score (nSPS) is 16.9. The maximum Gasteiger partial charge on any atom is 0.191 e. The lowest BCUT2D eigenvalue weighted by Crippen LogP contribution is -2.38. The Morgan fingerprint density at radius 1 is 1.24 bits per heavy atom. The lowest BCUT2D eigenvalue weighted by Gasteiger charge is -2.20. The van der Waals surface area contributed by atoms with Gasteiger partial charge in [-0.2, -0.15) is 0 Å². The van der Waals surface area contributed by atoms with Crippen LogP contribution in [0.5, 0.6) is 0 Å². The van der Waals surface area contributed by atoms with E-state index in [0.717, 1.165) is 36.9 Å². The fourth-order valence-electron chi connectivity index (χ4n) is 3.04. The third-order valence-electron chi connectivity index (χ3n) is 4.55. The molecule has 0 saturated carbocycles. The smallest absolute Gasteiger partial charge is 0.191 e. The van der Waals surface area contributed by atoms with E-state index in [0.29, 0.717) is 12.5 Å². The van der Waals surface area contributed by atoms with Crippen molar-refractivity contribution in [2.45, 2.75) is 65.3 Å². The van der Waals surface area contributed by atoms with E-state index < -0.39 is 0 Å². The van der Waals surface area contributed by atoms with Gasteiger partial charge in [0.05, 0.1) is 5.69 Å². The Hall–Kier alpha value is -1.56. The molecule has 1 aliphatic heterocycles. The Morgan fingerprint density at radius 3 is 2.64 bits per heavy atom. The highest BCUT2D eigenvalue weighted by molar-refractivity contribution is 5.79. The zero-order valence-electron chi connectivity index (χ0n) is 16.2. The van der Waals surface area contributed by atoms with Crippen LogP contribution in [0, 0.1) is 0 Å². The van der Waals surface area contributed by atoms with Gasteiger partial charge in [-0.15, -0.1) is 0 Å². The minimum atomic E-state index is 0.381. The van der Waals surface area contributed by atoms with Gasteiger partial charge in [-0.3, -0.25) is 0 Å². The molecule has 0 radical (unpaired) electrons. The number of likely N-dealkylation sites (tertiary alicyclic amines) is 1. The molecule has 0 spiro atoms. The molecule has 2 rings (SSSR count). The Bertz CT molecular complexity index is 504. The number of aliphatic imine (C=N–C) groups is 1. The maximum absolute atomic E-state index is 5.35. The third-order valence-corrected chi connectivity index (χ3v) is 4.55. The van der Waals surface area contributed by atoms with Gasteiger partial charge in [-0.1, -0.05) is 31.8 Å². The number of hydrogen-bond acceptors (Lipinski definition) is 4. The minimum Gasteiger partial charge on any atom is -0.359 e. The fraction of sp³-hybridized carbons (Fsp3) is 0.789. The molecule has 6 nitrogen and oxygen atoms in total. The summed E-state index contributed by atoms with van der Waals surface area (Å²) in [6.45, 7) is 12.3. The van der Waals surface area contributed by atoms with Gasteiger partial charge in [0.25, 0.3) is 0 Å². The molecular weight excluding hydrogens is 314 g/mol. The average molecular weight is 350 g/mol. The maximum atomic E-state index is 5.35. The molecule has 6 heteroatoms. The summed E-state index contributed by atoms with van der Waals surface area (Å²) >= 11 is 0. The first kappa shape index (κ1) is 19.8. The Labute approximate surface area is 152 Å². The molecule has 0 unspecified atom stereocenters. The molecule has 0 aromatic carbocycles. The molecule has 0 atom stereocenters. The van der Waals surface area contributed by atoms with E-state index in [-0.39, 0.29) is 0 Å². The van der Waals surface area contributed by atoms with Crippen LogP contribution in [0.25, 0.3) is 0 Å². The molecule has 1 fully saturated rings. The van der Waals surface area contributed by atoms with Gasteiger partial charge < -0.3 is 20.1 Å². The van der Waals surface area contributed by atoms with Crippen LogP contribution in [0.1, 0.15) is 70.2 Å². The zero-order chi connectivity index (χ0) is 17.9. The summed E-state index contributed by atoms with van der Waals surface area (Å²) in [6, 6.07) is 2.00. The van der Waals surface area contributed by atoms with Gasteiger partial charge in [-0.05, 0) is 51.7 Å². The molecule has 2 heterocycles. The summed E-state index contributed by atoms with van der Waals surface area (Å²) in [6.07, 6.45) is 6.64. The Balaban J connectivity index is 1.73. The van der Waals surface area contributed by atoms with Crippen LogP contribution in [-0.4, -0.2) is 48.7 Å². The van der Waals surface area contributed by atoms with Gasteiger partial charge in [0.2, 0.25) is 0 Å². The molecule has 2 N–H and O–H groups in total. The van der Waals surface area contributed by atoms with Crippen LogP contribution in [0.3, 0.4) is 0 Å². The number of aromatic nitrogens is 1. The number of rotatable bonds is 8. The van der Waals surface area contributed by atoms with Crippen LogP contribution in [-0.2, 0) is 6.54 Å². The number of nitrogens with zero attached hydrogens (tertiary/aromatic N) is 3. The van der Waals surface area contributed by atoms with Gasteiger partial charge in [-0.25, -0.2) is 4.99 Å². The molecule has 1 aromatic rings. The lowest BCUT2D eigenvalue weighted by atomic mass is 10.1. The van der Waals surface area contributed by atoms with E-state index in [1.807, 2.05) is 6.07 Å². The predicted octanol–water partition coefficient (Wildman–Crippen LogP) is 3.12. The highest BCUT2D eigenvalue weighted by atomic mass is 16.5. The third kappa shape index (κ3) is 7.46. The van der Waals surface area contributed by atoms with Crippen molar-refractivity contribution in [3.05, 3.63) is 17.5 Å². The highest BCUT2D eigenvalue weighted by Crippen LogP contribution is 2.14. The van der Waals surface area contributed by atoms with E-state index in [9.17, 15) is 0 Å². The van der Waals surface area contributed by atoms with Crippen molar-refractivity contribution < 1.29 is 4.52 Å². The molecule has 1 aliphatic rings. The Morgan fingerprint density at radius 2 is 2.00 bits per heavy atom. The van der Waals surface area contributed by atoms with Crippen molar-refractivity contribution >= 4 is 5.96 Å². The van der Waals surface area contributed by atoms with Crippen LogP contribution < -0.4 is 10.6 Å². The van der Waals surface area contributed by atoms with Crippen LogP contribution in [0.4, 0.5) is 0 Å². The second-order valence-corrected chi connectivity index (χ2v) is 7.10. The van der Waals surface area contributed by atoms with Crippen molar-refractivity contribution in [3.63, 3.8) is 0 Å². The number of nitrogens with one attached hydrogen (secondary N) is 2. The largest absolute Gasteiger partial charge is 0.359 e. The van der Waals surface area contributed by atoms with Crippen molar-refractivity contribution in [2.75, 3.05) is 32.7 Å². The molecule has 0 bridgehead atoms. The first-order valence-electron chi connectivity index (χ1n) is 9.89. The standard InChI is InChI=1S/C19H35N5O/c1-4-20-19(22-15-17-14-18(16(2)3)23-25-17)21-10-9-13-24-11-7-5-6-8-12-24/h14,16H,4-13,15H2,1-3H3,(H2,20,21,22). The highest BCUT2D eigenvalue weighted by Gasteiger charge is 2.09. The van der Waals surface area contributed by atoms with E-state index >= 15 is 0 Å². The molecule has 25 heavy (non-hydrogen) atoms. The van der Waals surface area contributed by atoms with Gasteiger partial charge in [0, 0.05) is 19.2 Å². The zero-order valence-corrected chi connectivity index (χ0v) is 16.2. The van der Waals surface area contributed by atoms with Crippen molar-refractivity contribution in [1.82, 2.24) is 20.7 Å². The van der Waals surface area contributed by atoms with Gasteiger partial charge >= 0.3 is 0 Å². The van der Waals surface area contributed by atoms with Crippen molar-refractivity contribution in [3.8, 4) is 0 Å². The molecule has 0 aliphatic carbocycles. The number of hydrogen-bond donors (Lipinski definition) is 2. The lowest BCUT2D eigenvalue weighted by molar-refractivity contribution is 0.282. The van der Waals surface area contributed by atoms with E-state index in [1.165, 1.54) is 45.3 Å². The summed E-state index contributed by atoms with van der Waals surface area (Å²) in [7, 11) is 0. The van der Waals surface area contributed by atoms with E-state index in [4.69, 9.17) is 4.52 Å². The number of guanidine groups is 1. The molecular formula is C19H35N5O. The molecule has 0 amide bonds. The van der Waals surface area contributed by atoms with Crippen LogP contribution >= 0.6 is 0 Å². The van der Waals surface area contributed by atoms with E-state index in [2.05, 4.69) is 46.5 Å². The monoisotopic (exact) mass is 349 g/mol. The topological polar surface area (TPSA) is 65.7 Å². The molecule has 142 valence electrons. The Kier molecular flexibility index (Phi) is 8.80.